The molecular formula is C16H19N3O. The van der Waals surface area contributed by atoms with Crippen molar-refractivity contribution >= 4 is 16.7 Å². The molecule has 4 rings (SSSR count). The van der Waals surface area contributed by atoms with E-state index in [0.29, 0.717) is 0 Å². The van der Waals surface area contributed by atoms with Gasteiger partial charge in [-0.15, -0.1) is 0 Å². The Kier molecular flexibility index (Phi) is 3.05. The van der Waals surface area contributed by atoms with Crippen molar-refractivity contribution in [3.63, 3.8) is 0 Å². The molecule has 3 heterocycles. The molecule has 0 saturated carbocycles. The van der Waals surface area contributed by atoms with Crippen LogP contribution in [0.3, 0.4) is 0 Å². The SMILES string of the molecule is c1ccc2nc3c(cc2c1)CCN3CC1CNCCO1. The van der Waals surface area contributed by atoms with Crippen LogP contribution in [0.1, 0.15) is 5.56 Å². The molecule has 2 aromatic rings. The number of nitrogens with one attached hydrogen (secondary N) is 1. The van der Waals surface area contributed by atoms with E-state index in [2.05, 4.69) is 40.5 Å². The molecule has 0 amide bonds. The first-order chi connectivity index (χ1) is 9.90. The van der Waals surface area contributed by atoms with Crippen LogP contribution in [0, 0.1) is 0 Å². The van der Waals surface area contributed by atoms with Gasteiger partial charge in [0.1, 0.15) is 5.82 Å². The zero-order chi connectivity index (χ0) is 13.4. The summed E-state index contributed by atoms with van der Waals surface area (Å²) in [6.07, 6.45) is 1.37. The number of hydrogen-bond acceptors (Lipinski definition) is 4. The van der Waals surface area contributed by atoms with Crippen molar-refractivity contribution in [1.29, 1.82) is 0 Å². The number of anilines is 1. The average Bonchev–Trinajstić information content (AvgIpc) is 2.88. The van der Waals surface area contributed by atoms with Crippen molar-refractivity contribution in [2.24, 2.45) is 0 Å². The summed E-state index contributed by atoms with van der Waals surface area (Å²) in [4.78, 5) is 7.23. The third kappa shape index (κ3) is 2.15. The van der Waals surface area contributed by atoms with Gasteiger partial charge in [-0.3, -0.25) is 0 Å². The highest BCUT2D eigenvalue weighted by atomic mass is 16.5. The van der Waals surface area contributed by atoms with Crippen LogP contribution in [0.4, 0.5) is 5.82 Å². The smallest absolute Gasteiger partial charge is 0.132 e. The normalized spacial score (nSPS) is 22.2. The Bertz CT molecular complexity index is 622. The van der Waals surface area contributed by atoms with Gasteiger partial charge < -0.3 is 15.0 Å². The van der Waals surface area contributed by atoms with Gasteiger partial charge in [0.2, 0.25) is 0 Å². The van der Waals surface area contributed by atoms with Gasteiger partial charge in [-0.1, -0.05) is 18.2 Å². The molecule has 20 heavy (non-hydrogen) atoms. The number of morpholine rings is 1. The van der Waals surface area contributed by atoms with Crippen LogP contribution in [-0.2, 0) is 11.2 Å². The molecule has 104 valence electrons. The number of nitrogens with zero attached hydrogens (tertiary/aromatic N) is 2. The maximum Gasteiger partial charge on any atom is 0.132 e. The second-order valence-electron chi connectivity index (χ2n) is 5.56. The maximum absolute atomic E-state index is 5.81. The number of para-hydroxylation sites is 1. The van der Waals surface area contributed by atoms with Crippen molar-refractivity contribution in [3.8, 4) is 0 Å². The first kappa shape index (κ1) is 12.1. The molecule has 0 spiro atoms. The van der Waals surface area contributed by atoms with Crippen LogP contribution in [0.5, 0.6) is 0 Å². The molecule has 1 N–H and O–H groups in total. The van der Waals surface area contributed by atoms with E-state index in [1.54, 1.807) is 0 Å². The summed E-state index contributed by atoms with van der Waals surface area (Å²) in [5, 5.41) is 4.63. The molecule has 1 fully saturated rings. The highest BCUT2D eigenvalue weighted by molar-refractivity contribution is 5.82. The first-order valence-electron chi connectivity index (χ1n) is 7.36. The van der Waals surface area contributed by atoms with Gasteiger partial charge in [-0.2, -0.15) is 0 Å². The molecule has 2 aliphatic rings. The van der Waals surface area contributed by atoms with E-state index < -0.39 is 0 Å². The molecule has 2 aliphatic heterocycles. The van der Waals surface area contributed by atoms with Gasteiger partial charge in [0, 0.05) is 31.6 Å². The van der Waals surface area contributed by atoms with E-state index in [1.165, 1.54) is 10.9 Å². The van der Waals surface area contributed by atoms with Crippen molar-refractivity contribution in [3.05, 3.63) is 35.9 Å². The molecular weight excluding hydrogens is 250 g/mol. The average molecular weight is 269 g/mol. The lowest BCUT2D eigenvalue weighted by atomic mass is 10.1. The predicted octanol–water partition coefficient (Wildman–Crippen LogP) is 1.59. The Morgan fingerprint density at radius 3 is 3.20 bits per heavy atom. The van der Waals surface area contributed by atoms with Crippen LogP contribution in [0.25, 0.3) is 10.9 Å². The summed E-state index contributed by atoms with van der Waals surface area (Å²) < 4.78 is 5.81. The van der Waals surface area contributed by atoms with E-state index in [4.69, 9.17) is 9.72 Å². The Morgan fingerprint density at radius 1 is 1.35 bits per heavy atom. The number of hydrogen-bond donors (Lipinski definition) is 1. The lowest BCUT2D eigenvalue weighted by Crippen LogP contribution is -2.45. The Morgan fingerprint density at radius 2 is 2.30 bits per heavy atom. The monoisotopic (exact) mass is 269 g/mol. The molecule has 1 atom stereocenters. The third-order valence-corrected chi connectivity index (χ3v) is 4.16. The van der Waals surface area contributed by atoms with Crippen molar-refractivity contribution in [2.45, 2.75) is 12.5 Å². The molecule has 0 aliphatic carbocycles. The van der Waals surface area contributed by atoms with Crippen LogP contribution in [0.2, 0.25) is 0 Å². The fourth-order valence-electron chi connectivity index (χ4n) is 3.13. The van der Waals surface area contributed by atoms with Gasteiger partial charge in [0.05, 0.1) is 18.2 Å². The topological polar surface area (TPSA) is 37.4 Å². The molecule has 1 unspecified atom stereocenters. The molecule has 4 heteroatoms. The van der Waals surface area contributed by atoms with Crippen LogP contribution >= 0.6 is 0 Å². The number of rotatable bonds is 2. The van der Waals surface area contributed by atoms with Crippen LogP contribution in [-0.4, -0.2) is 43.9 Å². The van der Waals surface area contributed by atoms with E-state index in [0.717, 1.165) is 50.5 Å². The van der Waals surface area contributed by atoms with Crippen LogP contribution in [0.15, 0.2) is 30.3 Å². The van der Waals surface area contributed by atoms with Gasteiger partial charge in [0.15, 0.2) is 0 Å². The summed E-state index contributed by atoms with van der Waals surface area (Å²) in [6, 6.07) is 10.6. The van der Waals surface area contributed by atoms with Gasteiger partial charge in [-0.25, -0.2) is 4.98 Å². The molecule has 4 nitrogen and oxygen atoms in total. The fraction of sp³-hybridized carbons (Fsp3) is 0.438. The Labute approximate surface area is 118 Å². The molecule has 0 bridgehead atoms. The van der Waals surface area contributed by atoms with E-state index in [-0.39, 0.29) is 6.10 Å². The second-order valence-corrected chi connectivity index (χ2v) is 5.56. The van der Waals surface area contributed by atoms with Gasteiger partial charge in [-0.05, 0) is 24.1 Å². The summed E-state index contributed by atoms with van der Waals surface area (Å²) in [5.74, 6) is 1.15. The molecule has 1 aromatic heterocycles. The summed E-state index contributed by atoms with van der Waals surface area (Å²) >= 11 is 0. The maximum atomic E-state index is 5.81. The minimum atomic E-state index is 0.281. The Hall–Kier alpha value is -1.65. The van der Waals surface area contributed by atoms with Crippen molar-refractivity contribution in [1.82, 2.24) is 10.3 Å². The van der Waals surface area contributed by atoms with Crippen molar-refractivity contribution in [2.75, 3.05) is 37.7 Å². The summed E-state index contributed by atoms with van der Waals surface area (Å²) in [6.45, 7) is 4.72. The first-order valence-corrected chi connectivity index (χ1v) is 7.36. The Balaban J connectivity index is 1.61. The van der Waals surface area contributed by atoms with Gasteiger partial charge in [0.25, 0.3) is 0 Å². The minimum absolute atomic E-state index is 0.281. The lowest BCUT2D eigenvalue weighted by molar-refractivity contribution is 0.0335. The van der Waals surface area contributed by atoms with Crippen LogP contribution < -0.4 is 10.2 Å². The summed E-state index contributed by atoms with van der Waals surface area (Å²) in [5.41, 5.74) is 2.45. The highest BCUT2D eigenvalue weighted by Gasteiger charge is 2.25. The highest BCUT2D eigenvalue weighted by Crippen LogP contribution is 2.29. The predicted molar refractivity (Wildman–Crippen MR) is 80.3 cm³/mol. The zero-order valence-corrected chi connectivity index (χ0v) is 11.5. The zero-order valence-electron chi connectivity index (χ0n) is 11.5. The second kappa shape index (κ2) is 5.04. The minimum Gasteiger partial charge on any atom is -0.374 e. The number of fused-ring (bicyclic) bond motifs is 2. The number of benzene rings is 1. The number of pyridine rings is 1. The fourth-order valence-corrected chi connectivity index (χ4v) is 3.13. The quantitative estimate of drug-likeness (QED) is 0.898. The largest absolute Gasteiger partial charge is 0.374 e. The molecule has 1 saturated heterocycles. The lowest BCUT2D eigenvalue weighted by Gasteiger charge is -2.28. The standard InChI is InChI=1S/C16H19N3O/c1-2-4-15-12(3-1)9-13-5-7-19(16(13)18-15)11-14-10-17-6-8-20-14/h1-4,9,14,17H,5-8,10-11H2. The van der Waals surface area contributed by atoms with Crippen molar-refractivity contribution < 1.29 is 4.74 Å². The number of aromatic nitrogens is 1. The van der Waals surface area contributed by atoms with Gasteiger partial charge >= 0.3 is 0 Å². The van der Waals surface area contributed by atoms with E-state index in [9.17, 15) is 0 Å². The van der Waals surface area contributed by atoms with E-state index in [1.807, 2.05) is 0 Å². The van der Waals surface area contributed by atoms with E-state index >= 15 is 0 Å². The molecule has 0 radical (unpaired) electrons. The third-order valence-electron chi connectivity index (χ3n) is 4.16. The molecule has 1 aromatic carbocycles. The number of ether oxygens (including phenoxy) is 1. The summed E-state index contributed by atoms with van der Waals surface area (Å²) in [7, 11) is 0.